The fraction of sp³-hybridized carbons (Fsp3) is 0.818. The number of primary amides is 1. The molecule has 1 rings (SSSR count). The first-order valence-electron chi connectivity index (χ1n) is 5.84. The van der Waals surface area contributed by atoms with Crippen LogP contribution in [0.15, 0.2) is 0 Å². The smallest absolute Gasteiger partial charge is 0.224 e. The highest BCUT2D eigenvalue weighted by atomic mass is 16.2. The fourth-order valence-electron chi connectivity index (χ4n) is 1.97. The van der Waals surface area contributed by atoms with E-state index in [-0.39, 0.29) is 29.7 Å². The van der Waals surface area contributed by atoms with E-state index in [9.17, 15) is 9.59 Å². The van der Waals surface area contributed by atoms with Crippen molar-refractivity contribution in [3.05, 3.63) is 0 Å². The van der Waals surface area contributed by atoms with Crippen LogP contribution in [0, 0.1) is 11.8 Å². The summed E-state index contributed by atoms with van der Waals surface area (Å²) in [6.07, 6.45) is 3.21. The van der Waals surface area contributed by atoms with Gasteiger partial charge < -0.3 is 16.8 Å². The average Bonchev–Trinajstić information content (AvgIpc) is 2.28. The minimum atomic E-state index is -0.222. The van der Waals surface area contributed by atoms with Crippen molar-refractivity contribution in [1.29, 1.82) is 0 Å². The molecule has 1 aliphatic rings. The number of hydrogen-bond acceptors (Lipinski definition) is 3. The van der Waals surface area contributed by atoms with Crippen molar-refractivity contribution in [2.75, 3.05) is 6.54 Å². The number of hydrogen-bond donors (Lipinski definition) is 3. The Kier molecular flexibility index (Phi) is 4.73. The molecule has 16 heavy (non-hydrogen) atoms. The van der Waals surface area contributed by atoms with E-state index in [1.807, 2.05) is 6.92 Å². The summed E-state index contributed by atoms with van der Waals surface area (Å²) < 4.78 is 0. The molecular weight excluding hydrogens is 206 g/mol. The lowest BCUT2D eigenvalue weighted by Gasteiger charge is -2.28. The van der Waals surface area contributed by atoms with Crippen LogP contribution in [0.3, 0.4) is 0 Å². The van der Waals surface area contributed by atoms with Gasteiger partial charge in [-0.3, -0.25) is 9.59 Å². The number of amides is 2. The van der Waals surface area contributed by atoms with E-state index in [0.29, 0.717) is 6.54 Å². The van der Waals surface area contributed by atoms with Gasteiger partial charge in [0.25, 0.3) is 0 Å². The minimum absolute atomic E-state index is 0.00465. The van der Waals surface area contributed by atoms with Gasteiger partial charge in [-0.25, -0.2) is 0 Å². The third kappa shape index (κ3) is 3.48. The summed E-state index contributed by atoms with van der Waals surface area (Å²) in [5, 5.41) is 2.96. The van der Waals surface area contributed by atoms with E-state index in [4.69, 9.17) is 11.5 Å². The van der Waals surface area contributed by atoms with Crippen LogP contribution in [0.2, 0.25) is 0 Å². The van der Waals surface area contributed by atoms with Gasteiger partial charge in [0.05, 0.1) is 0 Å². The molecule has 0 saturated heterocycles. The Bertz CT molecular complexity index is 260. The zero-order valence-electron chi connectivity index (χ0n) is 9.74. The van der Waals surface area contributed by atoms with Gasteiger partial charge in [0, 0.05) is 24.4 Å². The molecule has 0 spiro atoms. The van der Waals surface area contributed by atoms with Gasteiger partial charge >= 0.3 is 0 Å². The summed E-state index contributed by atoms with van der Waals surface area (Å²) in [5.74, 6) is -0.376. The van der Waals surface area contributed by atoms with Crippen molar-refractivity contribution in [3.63, 3.8) is 0 Å². The molecule has 5 N–H and O–H groups in total. The Morgan fingerprint density at radius 1 is 1.31 bits per heavy atom. The first-order chi connectivity index (χ1) is 7.54. The number of nitrogens with one attached hydrogen (secondary N) is 1. The topological polar surface area (TPSA) is 98.2 Å². The zero-order valence-corrected chi connectivity index (χ0v) is 9.74. The van der Waals surface area contributed by atoms with Crippen molar-refractivity contribution in [1.82, 2.24) is 5.32 Å². The molecule has 1 fully saturated rings. The van der Waals surface area contributed by atoms with Gasteiger partial charge in [0.2, 0.25) is 11.8 Å². The summed E-state index contributed by atoms with van der Waals surface area (Å²) in [7, 11) is 0. The Hall–Kier alpha value is -1.10. The first-order valence-corrected chi connectivity index (χ1v) is 5.84. The van der Waals surface area contributed by atoms with Crippen LogP contribution in [0.5, 0.6) is 0 Å². The van der Waals surface area contributed by atoms with Crippen LogP contribution in [0.4, 0.5) is 0 Å². The Balaban J connectivity index is 2.32. The molecule has 1 saturated carbocycles. The summed E-state index contributed by atoms with van der Waals surface area (Å²) in [6, 6.07) is 0.178. The van der Waals surface area contributed by atoms with E-state index < -0.39 is 0 Å². The summed E-state index contributed by atoms with van der Waals surface area (Å²) in [5.41, 5.74) is 10.7. The molecule has 0 radical (unpaired) electrons. The van der Waals surface area contributed by atoms with Gasteiger partial charge in [-0.2, -0.15) is 0 Å². The zero-order chi connectivity index (χ0) is 12.1. The van der Waals surface area contributed by atoms with Crippen LogP contribution in [-0.4, -0.2) is 24.4 Å². The van der Waals surface area contributed by atoms with Crippen LogP contribution in [-0.2, 0) is 9.59 Å². The molecule has 0 aliphatic heterocycles. The monoisotopic (exact) mass is 227 g/mol. The maximum atomic E-state index is 11.6. The predicted molar refractivity (Wildman–Crippen MR) is 61.3 cm³/mol. The number of carbonyl (C=O) groups excluding carboxylic acids is 2. The Morgan fingerprint density at radius 2 is 1.88 bits per heavy atom. The highest BCUT2D eigenvalue weighted by molar-refractivity contribution is 5.79. The molecule has 2 amide bonds. The largest absolute Gasteiger partial charge is 0.369 e. The van der Waals surface area contributed by atoms with Crippen LogP contribution in [0.25, 0.3) is 0 Å². The van der Waals surface area contributed by atoms with Gasteiger partial charge in [0.15, 0.2) is 0 Å². The number of nitrogens with two attached hydrogens (primary N) is 2. The molecular formula is C11H21N3O2. The first kappa shape index (κ1) is 13.0. The molecule has 0 bridgehead atoms. The maximum Gasteiger partial charge on any atom is 0.224 e. The lowest BCUT2D eigenvalue weighted by Crippen LogP contribution is -2.43. The van der Waals surface area contributed by atoms with Gasteiger partial charge in [-0.1, -0.05) is 6.92 Å². The third-order valence-electron chi connectivity index (χ3n) is 3.28. The molecule has 0 aromatic carbocycles. The Labute approximate surface area is 95.9 Å². The van der Waals surface area contributed by atoms with Crippen molar-refractivity contribution < 1.29 is 9.59 Å². The third-order valence-corrected chi connectivity index (χ3v) is 3.28. The molecule has 1 atom stereocenters. The highest BCUT2D eigenvalue weighted by Gasteiger charge is 2.26. The lowest BCUT2D eigenvalue weighted by atomic mass is 9.85. The second kappa shape index (κ2) is 5.84. The molecule has 0 heterocycles. The van der Waals surface area contributed by atoms with E-state index in [0.717, 1.165) is 25.7 Å². The second-order valence-corrected chi connectivity index (χ2v) is 4.60. The highest BCUT2D eigenvalue weighted by Crippen LogP contribution is 2.23. The lowest BCUT2D eigenvalue weighted by molar-refractivity contribution is -0.125. The molecule has 5 nitrogen and oxygen atoms in total. The van der Waals surface area contributed by atoms with Crippen molar-refractivity contribution in [3.8, 4) is 0 Å². The SMILES string of the molecule is CC(CN)C(=O)NC1CCC(C(N)=O)CC1. The molecule has 1 unspecified atom stereocenters. The molecule has 1 aliphatic carbocycles. The van der Waals surface area contributed by atoms with E-state index >= 15 is 0 Å². The van der Waals surface area contributed by atoms with E-state index in [2.05, 4.69) is 5.32 Å². The quantitative estimate of drug-likeness (QED) is 0.617. The number of rotatable bonds is 4. The van der Waals surface area contributed by atoms with E-state index in [1.165, 1.54) is 0 Å². The molecule has 5 heteroatoms. The summed E-state index contributed by atoms with van der Waals surface area (Å²) in [4.78, 5) is 22.5. The summed E-state index contributed by atoms with van der Waals surface area (Å²) in [6.45, 7) is 2.17. The van der Waals surface area contributed by atoms with Gasteiger partial charge in [-0.05, 0) is 25.7 Å². The molecule has 0 aromatic rings. The second-order valence-electron chi connectivity index (χ2n) is 4.60. The van der Waals surface area contributed by atoms with E-state index in [1.54, 1.807) is 0 Å². The van der Waals surface area contributed by atoms with Crippen LogP contribution < -0.4 is 16.8 Å². The minimum Gasteiger partial charge on any atom is -0.369 e. The number of carbonyl (C=O) groups is 2. The fourth-order valence-corrected chi connectivity index (χ4v) is 1.97. The van der Waals surface area contributed by atoms with Crippen molar-refractivity contribution >= 4 is 11.8 Å². The summed E-state index contributed by atoms with van der Waals surface area (Å²) >= 11 is 0. The van der Waals surface area contributed by atoms with Crippen LogP contribution >= 0.6 is 0 Å². The van der Waals surface area contributed by atoms with Gasteiger partial charge in [-0.15, -0.1) is 0 Å². The van der Waals surface area contributed by atoms with Crippen molar-refractivity contribution in [2.24, 2.45) is 23.3 Å². The molecule has 0 aromatic heterocycles. The van der Waals surface area contributed by atoms with Crippen LogP contribution in [0.1, 0.15) is 32.6 Å². The normalized spacial score (nSPS) is 27.1. The van der Waals surface area contributed by atoms with Crippen molar-refractivity contribution in [2.45, 2.75) is 38.6 Å². The Morgan fingerprint density at radius 3 is 2.31 bits per heavy atom. The average molecular weight is 227 g/mol. The standard InChI is InChI=1S/C11H21N3O2/c1-7(6-12)11(16)14-9-4-2-8(3-5-9)10(13)15/h7-9H,2-6,12H2,1H3,(H2,13,15)(H,14,16). The van der Waals surface area contributed by atoms with Gasteiger partial charge in [0.1, 0.15) is 0 Å². The molecule has 92 valence electrons. The maximum absolute atomic E-state index is 11.6. The predicted octanol–water partition coefficient (Wildman–Crippen LogP) is -0.258.